The summed E-state index contributed by atoms with van der Waals surface area (Å²) in [5, 5.41) is 1.10. The van der Waals surface area contributed by atoms with Crippen LogP contribution in [0, 0.1) is 5.92 Å². The molecule has 7 heteroatoms. The molecule has 0 aliphatic rings. The van der Waals surface area contributed by atoms with Crippen LogP contribution in [-0.2, 0) is 25.5 Å². The fourth-order valence-corrected chi connectivity index (χ4v) is 4.18. The Bertz CT molecular complexity index is 752. The smallest absolute Gasteiger partial charge is 0.320 e. The zero-order valence-electron chi connectivity index (χ0n) is 17.6. The first kappa shape index (κ1) is 23.0. The summed E-state index contributed by atoms with van der Waals surface area (Å²) >= 11 is 1.69. The maximum atomic E-state index is 12.1. The Kier molecular flexibility index (Phi) is 9.25. The molecule has 0 radical (unpaired) electrons. The van der Waals surface area contributed by atoms with Crippen LogP contribution in [0.2, 0.25) is 0 Å². The van der Waals surface area contributed by atoms with Crippen LogP contribution < -0.4 is 9.47 Å². The van der Waals surface area contributed by atoms with Gasteiger partial charge in [-0.05, 0) is 64.5 Å². The van der Waals surface area contributed by atoms with Gasteiger partial charge < -0.3 is 18.9 Å². The van der Waals surface area contributed by atoms with E-state index in [1.165, 1.54) is 4.88 Å². The van der Waals surface area contributed by atoms with E-state index < -0.39 is 17.9 Å². The number of carbonyl (C=O) groups is 2. The van der Waals surface area contributed by atoms with Crippen LogP contribution >= 0.6 is 11.3 Å². The van der Waals surface area contributed by atoms with Gasteiger partial charge in [-0.1, -0.05) is 0 Å². The molecule has 0 saturated heterocycles. The minimum Gasteiger partial charge on any atom is -0.490 e. The van der Waals surface area contributed by atoms with Gasteiger partial charge in [-0.15, -0.1) is 11.3 Å². The molecule has 2 rings (SSSR count). The van der Waals surface area contributed by atoms with Gasteiger partial charge in [-0.25, -0.2) is 0 Å². The number of benzene rings is 1. The first-order valence-electron chi connectivity index (χ1n) is 10.2. The van der Waals surface area contributed by atoms with Crippen LogP contribution in [0.3, 0.4) is 0 Å². The predicted molar refractivity (Wildman–Crippen MR) is 114 cm³/mol. The van der Waals surface area contributed by atoms with Crippen molar-refractivity contribution < 1.29 is 28.5 Å². The monoisotopic (exact) mass is 422 g/mol. The van der Waals surface area contributed by atoms with Crippen LogP contribution in [0.15, 0.2) is 18.2 Å². The molecule has 2 aromatic rings. The van der Waals surface area contributed by atoms with Crippen molar-refractivity contribution in [1.82, 2.24) is 0 Å². The zero-order valence-corrected chi connectivity index (χ0v) is 18.4. The Balaban J connectivity index is 2.08. The topological polar surface area (TPSA) is 71.1 Å². The largest absolute Gasteiger partial charge is 0.490 e. The SMILES string of the molecule is CCOC(=O)C(CCCc1cc2cc(OCC)c(OCC)cc2s1)C(=O)OCC. The molecular formula is C22H30O6S. The van der Waals surface area contributed by atoms with Crippen molar-refractivity contribution in [1.29, 1.82) is 0 Å². The van der Waals surface area contributed by atoms with Crippen LogP contribution in [0.4, 0.5) is 0 Å². The van der Waals surface area contributed by atoms with Crippen LogP contribution in [0.1, 0.15) is 45.4 Å². The number of fused-ring (bicyclic) bond motifs is 1. The fraction of sp³-hybridized carbons (Fsp3) is 0.545. The third-order valence-corrected chi connectivity index (χ3v) is 5.45. The molecule has 0 aliphatic carbocycles. The Labute approximate surface area is 176 Å². The van der Waals surface area contributed by atoms with Gasteiger partial charge in [0.25, 0.3) is 0 Å². The van der Waals surface area contributed by atoms with E-state index in [-0.39, 0.29) is 13.2 Å². The Hall–Kier alpha value is -2.28. The van der Waals surface area contributed by atoms with Crippen molar-refractivity contribution >= 4 is 33.4 Å². The van der Waals surface area contributed by atoms with Gasteiger partial charge in [0.15, 0.2) is 17.4 Å². The second-order valence-corrected chi connectivity index (χ2v) is 7.53. The standard InChI is InChI=1S/C22H30O6S/c1-5-25-18-13-15-12-16(29-20(15)14-19(18)26-6-2)10-9-11-17(21(23)27-7-3)22(24)28-8-4/h12-14,17H,5-11H2,1-4H3. The second kappa shape index (κ2) is 11.7. The number of rotatable bonds is 12. The molecule has 1 aromatic heterocycles. The fourth-order valence-electron chi connectivity index (χ4n) is 3.06. The Morgan fingerprint density at radius 2 is 1.45 bits per heavy atom. The van der Waals surface area contributed by atoms with Crippen molar-refractivity contribution in [2.24, 2.45) is 5.92 Å². The van der Waals surface area contributed by atoms with Gasteiger partial charge in [-0.2, -0.15) is 0 Å². The first-order valence-corrected chi connectivity index (χ1v) is 11.0. The third kappa shape index (κ3) is 6.35. The van der Waals surface area contributed by atoms with E-state index in [4.69, 9.17) is 18.9 Å². The minimum absolute atomic E-state index is 0.245. The number of hydrogen-bond acceptors (Lipinski definition) is 7. The summed E-state index contributed by atoms with van der Waals surface area (Å²) in [4.78, 5) is 25.4. The van der Waals surface area contributed by atoms with Crippen molar-refractivity contribution in [2.75, 3.05) is 26.4 Å². The molecule has 1 heterocycles. The lowest BCUT2D eigenvalue weighted by atomic mass is 10.0. The molecule has 0 unspecified atom stereocenters. The van der Waals surface area contributed by atoms with E-state index in [1.54, 1.807) is 25.2 Å². The number of thiophene rings is 1. The molecule has 160 valence electrons. The summed E-state index contributed by atoms with van der Waals surface area (Å²) in [5.41, 5.74) is 0. The van der Waals surface area contributed by atoms with Crippen molar-refractivity contribution in [3.8, 4) is 11.5 Å². The highest BCUT2D eigenvalue weighted by Gasteiger charge is 2.29. The maximum Gasteiger partial charge on any atom is 0.320 e. The number of ether oxygens (including phenoxy) is 4. The van der Waals surface area contributed by atoms with Crippen molar-refractivity contribution in [2.45, 2.75) is 47.0 Å². The van der Waals surface area contributed by atoms with Crippen LogP contribution in [-0.4, -0.2) is 38.4 Å². The maximum absolute atomic E-state index is 12.1. The average molecular weight is 423 g/mol. The van der Waals surface area contributed by atoms with E-state index in [0.717, 1.165) is 28.0 Å². The summed E-state index contributed by atoms with van der Waals surface area (Å²) in [6.07, 6.45) is 1.86. The van der Waals surface area contributed by atoms with Crippen molar-refractivity contribution in [3.63, 3.8) is 0 Å². The molecule has 6 nitrogen and oxygen atoms in total. The van der Waals surface area contributed by atoms with Crippen LogP contribution in [0.5, 0.6) is 11.5 Å². The molecule has 0 N–H and O–H groups in total. The average Bonchev–Trinajstić information content (AvgIpc) is 3.07. The van der Waals surface area contributed by atoms with E-state index in [2.05, 4.69) is 6.07 Å². The van der Waals surface area contributed by atoms with Gasteiger partial charge in [0.1, 0.15) is 0 Å². The summed E-state index contributed by atoms with van der Waals surface area (Å²) in [6, 6.07) is 6.14. The normalized spacial score (nSPS) is 10.9. The number of esters is 2. The Morgan fingerprint density at radius 3 is 2.00 bits per heavy atom. The lowest BCUT2D eigenvalue weighted by Gasteiger charge is -2.13. The highest BCUT2D eigenvalue weighted by molar-refractivity contribution is 7.19. The second-order valence-electron chi connectivity index (χ2n) is 6.36. The molecule has 29 heavy (non-hydrogen) atoms. The van der Waals surface area contributed by atoms with E-state index in [0.29, 0.717) is 26.1 Å². The molecule has 0 fully saturated rings. The number of carbonyl (C=O) groups excluding carboxylic acids is 2. The van der Waals surface area contributed by atoms with E-state index >= 15 is 0 Å². The molecule has 0 saturated carbocycles. The molecule has 0 aliphatic heterocycles. The lowest BCUT2D eigenvalue weighted by Crippen LogP contribution is -2.28. The summed E-state index contributed by atoms with van der Waals surface area (Å²) < 4.78 is 22.6. The van der Waals surface area contributed by atoms with Crippen molar-refractivity contribution in [3.05, 3.63) is 23.1 Å². The predicted octanol–water partition coefficient (Wildman–Crippen LogP) is 4.76. The highest BCUT2D eigenvalue weighted by Crippen LogP contribution is 2.37. The molecule has 0 atom stereocenters. The van der Waals surface area contributed by atoms with Gasteiger partial charge in [0, 0.05) is 15.6 Å². The molecule has 1 aromatic carbocycles. The zero-order chi connectivity index (χ0) is 21.2. The van der Waals surface area contributed by atoms with E-state index in [1.807, 2.05) is 26.0 Å². The van der Waals surface area contributed by atoms with Gasteiger partial charge in [0.05, 0.1) is 26.4 Å². The molecule has 0 spiro atoms. The number of aryl methyl sites for hydroxylation is 1. The summed E-state index contributed by atoms with van der Waals surface area (Å²) in [5.74, 6) is -0.385. The number of hydrogen-bond donors (Lipinski definition) is 0. The summed E-state index contributed by atoms with van der Waals surface area (Å²) in [7, 11) is 0. The minimum atomic E-state index is -0.863. The van der Waals surface area contributed by atoms with Crippen LogP contribution in [0.25, 0.3) is 10.1 Å². The van der Waals surface area contributed by atoms with E-state index in [9.17, 15) is 9.59 Å². The quantitative estimate of drug-likeness (QED) is 0.363. The summed E-state index contributed by atoms with van der Waals surface area (Å²) in [6.45, 7) is 8.99. The molecule has 0 amide bonds. The molecule has 0 bridgehead atoms. The lowest BCUT2D eigenvalue weighted by molar-refractivity contribution is -0.161. The molecular weight excluding hydrogens is 392 g/mol. The van der Waals surface area contributed by atoms with Gasteiger partial charge in [-0.3, -0.25) is 9.59 Å². The highest BCUT2D eigenvalue weighted by atomic mass is 32.1. The van der Waals surface area contributed by atoms with Gasteiger partial charge >= 0.3 is 11.9 Å². The third-order valence-electron chi connectivity index (χ3n) is 4.29. The van der Waals surface area contributed by atoms with Gasteiger partial charge in [0.2, 0.25) is 0 Å². The Morgan fingerprint density at radius 1 is 0.862 bits per heavy atom. The first-order chi connectivity index (χ1) is 14.0.